The third-order valence-electron chi connectivity index (χ3n) is 6.03. The number of Topliss-reactive ketones (excluding diaryl/α,β-unsaturated/α-hetero) is 2. The van der Waals surface area contributed by atoms with Crippen molar-refractivity contribution in [2.24, 2.45) is 20.2 Å². The maximum Gasteiger partial charge on any atom is 0.196 e. The van der Waals surface area contributed by atoms with Gasteiger partial charge in [0.25, 0.3) is 0 Å². The number of azo groups is 1. The van der Waals surface area contributed by atoms with E-state index in [0.717, 1.165) is 22.3 Å². The molecule has 4 aliphatic rings. The number of benzene rings is 2. The Morgan fingerprint density at radius 2 is 1.03 bits per heavy atom. The summed E-state index contributed by atoms with van der Waals surface area (Å²) in [6, 6.07) is 15.4. The molecule has 2 atom stereocenters. The smallest absolute Gasteiger partial charge is 0.196 e. The molecule has 0 saturated carbocycles. The third-order valence-corrected chi connectivity index (χ3v) is 6.03. The molecule has 2 aromatic rings. The Bertz CT molecular complexity index is 1310. The Morgan fingerprint density at radius 3 is 1.50 bits per heavy atom. The Morgan fingerprint density at radius 1 is 0.594 bits per heavy atom. The molecule has 0 radical (unpaired) electrons. The highest BCUT2D eigenvalue weighted by molar-refractivity contribution is 6.07. The fourth-order valence-corrected chi connectivity index (χ4v) is 4.43. The number of aliphatic imine (C=N–C) groups is 2. The van der Waals surface area contributed by atoms with Gasteiger partial charge in [0.05, 0.1) is 23.2 Å². The second kappa shape index (κ2) is 7.13. The highest BCUT2D eigenvalue weighted by Crippen LogP contribution is 2.39. The average Bonchev–Trinajstić information content (AvgIpc) is 2.84. The summed E-state index contributed by atoms with van der Waals surface area (Å²) < 4.78 is 0. The fraction of sp³-hybridized carbons (Fsp3) is 0.0769. The van der Waals surface area contributed by atoms with Gasteiger partial charge in [-0.3, -0.25) is 19.6 Å². The second-order valence-electron chi connectivity index (χ2n) is 7.86. The van der Waals surface area contributed by atoms with Crippen LogP contribution in [0.5, 0.6) is 0 Å². The molecule has 2 heterocycles. The van der Waals surface area contributed by atoms with E-state index in [0.29, 0.717) is 11.4 Å². The predicted octanol–water partition coefficient (Wildman–Crippen LogP) is 4.57. The summed E-state index contributed by atoms with van der Waals surface area (Å²) in [7, 11) is 0. The van der Waals surface area contributed by atoms with E-state index in [1.165, 1.54) is 0 Å². The molecular weight excluding hydrogens is 400 g/mol. The van der Waals surface area contributed by atoms with E-state index in [2.05, 4.69) is 20.2 Å². The van der Waals surface area contributed by atoms with Gasteiger partial charge in [-0.1, -0.05) is 48.5 Å². The van der Waals surface area contributed by atoms with Crippen LogP contribution in [0.3, 0.4) is 0 Å². The first-order valence-corrected chi connectivity index (χ1v) is 10.3. The molecule has 0 amide bonds. The van der Waals surface area contributed by atoms with Crippen LogP contribution in [0.4, 0.5) is 0 Å². The Kier molecular flexibility index (Phi) is 4.11. The number of fused-ring (bicyclic) bond motifs is 6. The number of carbonyl (C=O) groups is 2. The van der Waals surface area contributed by atoms with Crippen LogP contribution in [-0.2, 0) is 9.59 Å². The van der Waals surface area contributed by atoms with Crippen molar-refractivity contribution in [2.75, 3.05) is 0 Å². The van der Waals surface area contributed by atoms with Crippen LogP contribution in [0.1, 0.15) is 34.1 Å². The number of carbonyl (C=O) groups excluding carboxylic acids is 2. The molecular formula is C26H16N4O2. The molecule has 0 N–H and O–H groups in total. The van der Waals surface area contributed by atoms with Crippen molar-refractivity contribution >= 4 is 24.0 Å². The molecule has 2 unspecified atom stereocenters. The standard InChI is InChI=1S/C26H16N4O2/c31-25-21(11-9-19-23(25)17-7-3-1-5-15(17)13-27-19)29-30-22-12-10-20-24(26(22)32)18-8-4-2-6-16(18)14-28-20/h1-14,23-24H. The first-order chi connectivity index (χ1) is 15.7. The van der Waals surface area contributed by atoms with E-state index in [1.807, 2.05) is 48.5 Å². The minimum absolute atomic E-state index is 0.178. The van der Waals surface area contributed by atoms with Gasteiger partial charge in [0.15, 0.2) is 11.6 Å². The second-order valence-corrected chi connectivity index (χ2v) is 7.86. The van der Waals surface area contributed by atoms with Gasteiger partial charge in [-0.25, -0.2) is 0 Å². The van der Waals surface area contributed by atoms with E-state index >= 15 is 0 Å². The quantitative estimate of drug-likeness (QED) is 0.672. The number of ketones is 2. The lowest BCUT2D eigenvalue weighted by Crippen LogP contribution is -2.23. The topological polar surface area (TPSA) is 83.6 Å². The van der Waals surface area contributed by atoms with Crippen LogP contribution >= 0.6 is 0 Å². The van der Waals surface area contributed by atoms with Crippen molar-refractivity contribution in [1.82, 2.24) is 0 Å². The number of allylic oxidation sites excluding steroid dienone is 8. The van der Waals surface area contributed by atoms with Crippen LogP contribution in [0.25, 0.3) is 0 Å². The molecule has 0 aromatic heterocycles. The zero-order valence-corrected chi connectivity index (χ0v) is 16.8. The van der Waals surface area contributed by atoms with E-state index < -0.39 is 11.8 Å². The Balaban J connectivity index is 1.31. The van der Waals surface area contributed by atoms with E-state index in [9.17, 15) is 9.59 Å². The van der Waals surface area contributed by atoms with Crippen LogP contribution in [0.2, 0.25) is 0 Å². The molecule has 2 aliphatic carbocycles. The number of nitrogens with zero attached hydrogens (tertiary/aromatic N) is 4. The van der Waals surface area contributed by atoms with Gasteiger partial charge in [-0.2, -0.15) is 0 Å². The van der Waals surface area contributed by atoms with Crippen molar-refractivity contribution in [1.29, 1.82) is 0 Å². The summed E-state index contributed by atoms with van der Waals surface area (Å²) in [6.07, 6.45) is 10.3. The lowest BCUT2D eigenvalue weighted by molar-refractivity contribution is -0.117. The molecule has 2 aromatic carbocycles. The normalized spacial score (nSPS) is 22.9. The van der Waals surface area contributed by atoms with Gasteiger partial charge in [0, 0.05) is 12.4 Å². The number of hydrogen-bond donors (Lipinski definition) is 0. The van der Waals surface area contributed by atoms with Crippen molar-refractivity contribution in [3.05, 3.63) is 118 Å². The average molecular weight is 416 g/mol. The van der Waals surface area contributed by atoms with E-state index in [-0.39, 0.29) is 23.0 Å². The lowest BCUT2D eigenvalue weighted by atomic mass is 9.83. The molecule has 0 bridgehead atoms. The monoisotopic (exact) mass is 416 g/mol. The summed E-state index contributed by atoms with van der Waals surface area (Å²) in [5, 5.41) is 8.36. The van der Waals surface area contributed by atoms with E-state index in [4.69, 9.17) is 0 Å². The first-order valence-electron chi connectivity index (χ1n) is 10.3. The Hall–Kier alpha value is -4.32. The number of hydrogen-bond acceptors (Lipinski definition) is 6. The summed E-state index contributed by atoms with van der Waals surface area (Å²) in [5.41, 5.74) is 5.41. The van der Waals surface area contributed by atoms with Crippen molar-refractivity contribution in [3.63, 3.8) is 0 Å². The van der Waals surface area contributed by atoms with Crippen LogP contribution in [-0.4, -0.2) is 24.0 Å². The van der Waals surface area contributed by atoms with Gasteiger partial charge in [-0.15, -0.1) is 10.2 Å². The highest BCUT2D eigenvalue weighted by Gasteiger charge is 2.35. The SMILES string of the molecule is O=C1C(N=NC2=CC=C3N=Cc4ccccc4C3C2=O)=CC=C2N=Cc3ccccc3C12. The lowest BCUT2D eigenvalue weighted by Gasteiger charge is -2.25. The van der Waals surface area contributed by atoms with Crippen LogP contribution in [0.15, 0.2) is 116 Å². The molecule has 6 rings (SSSR count). The van der Waals surface area contributed by atoms with Crippen molar-refractivity contribution < 1.29 is 9.59 Å². The maximum atomic E-state index is 13.2. The summed E-state index contributed by atoms with van der Waals surface area (Å²) in [6.45, 7) is 0. The zero-order chi connectivity index (χ0) is 21.7. The van der Waals surface area contributed by atoms with Gasteiger partial charge in [0.2, 0.25) is 0 Å². The summed E-state index contributed by atoms with van der Waals surface area (Å²) in [4.78, 5) is 35.2. The zero-order valence-electron chi connectivity index (χ0n) is 16.8. The van der Waals surface area contributed by atoms with Crippen LogP contribution < -0.4 is 0 Å². The van der Waals surface area contributed by atoms with Gasteiger partial charge in [0.1, 0.15) is 11.4 Å². The van der Waals surface area contributed by atoms with Gasteiger partial charge in [-0.05, 0) is 46.6 Å². The summed E-state index contributed by atoms with van der Waals surface area (Å²) in [5.74, 6) is -1.36. The number of rotatable bonds is 2. The third kappa shape index (κ3) is 2.80. The largest absolute Gasteiger partial charge is 0.291 e. The summed E-state index contributed by atoms with van der Waals surface area (Å²) >= 11 is 0. The molecule has 0 spiro atoms. The minimum atomic E-state index is -0.503. The maximum absolute atomic E-state index is 13.2. The van der Waals surface area contributed by atoms with Crippen LogP contribution in [0, 0.1) is 0 Å². The fourth-order valence-electron chi connectivity index (χ4n) is 4.43. The highest BCUT2D eigenvalue weighted by atomic mass is 16.1. The van der Waals surface area contributed by atoms with Gasteiger partial charge >= 0.3 is 0 Å². The predicted molar refractivity (Wildman–Crippen MR) is 121 cm³/mol. The molecule has 6 nitrogen and oxygen atoms in total. The van der Waals surface area contributed by atoms with Crippen molar-refractivity contribution in [3.8, 4) is 0 Å². The van der Waals surface area contributed by atoms with E-state index in [1.54, 1.807) is 36.7 Å². The molecule has 152 valence electrons. The molecule has 2 aliphatic heterocycles. The van der Waals surface area contributed by atoms with Gasteiger partial charge < -0.3 is 0 Å². The molecule has 0 fully saturated rings. The first kappa shape index (κ1) is 18.4. The molecule has 6 heteroatoms. The van der Waals surface area contributed by atoms with Crippen molar-refractivity contribution in [2.45, 2.75) is 11.8 Å². The molecule has 0 saturated heterocycles. The Labute approximate surface area is 183 Å². The minimum Gasteiger partial charge on any atom is -0.291 e. The molecule has 32 heavy (non-hydrogen) atoms.